The molecule has 1 fully saturated rings. The molecular weight excluding hydrogens is 400 g/mol. The predicted molar refractivity (Wildman–Crippen MR) is 117 cm³/mol. The molecule has 0 saturated carbocycles. The molecule has 0 aliphatic carbocycles. The molecule has 0 unspecified atom stereocenters. The fraction of sp³-hybridized carbons (Fsp3) is 0.273. The number of hydrogen-bond acceptors (Lipinski definition) is 6. The average molecular weight is 425 g/mol. The third kappa shape index (κ3) is 4.38. The van der Waals surface area contributed by atoms with Crippen LogP contribution >= 0.6 is 0 Å². The molecule has 7 nitrogen and oxygen atoms in total. The lowest BCUT2D eigenvalue weighted by atomic mass is 10.1. The molecule has 8 heteroatoms. The zero-order chi connectivity index (χ0) is 21.0. The Morgan fingerprint density at radius 2 is 1.80 bits per heavy atom. The topological polar surface area (TPSA) is 84.4 Å². The molecule has 1 aromatic heterocycles. The maximum Gasteiger partial charge on any atom is 0.265 e. The second kappa shape index (κ2) is 8.71. The van der Waals surface area contributed by atoms with E-state index in [0.717, 1.165) is 24.5 Å². The Kier molecular flexibility index (Phi) is 5.85. The van der Waals surface area contributed by atoms with Crippen LogP contribution < -0.4 is 14.4 Å². The Morgan fingerprint density at radius 3 is 2.53 bits per heavy atom. The summed E-state index contributed by atoms with van der Waals surface area (Å²) in [5, 5.41) is 8.68. The molecule has 1 N–H and O–H groups in total. The highest BCUT2D eigenvalue weighted by atomic mass is 32.2. The van der Waals surface area contributed by atoms with Crippen LogP contribution in [0.25, 0.3) is 11.3 Å². The number of benzene rings is 2. The van der Waals surface area contributed by atoms with Gasteiger partial charge >= 0.3 is 0 Å². The Morgan fingerprint density at radius 1 is 1.00 bits per heavy atom. The highest BCUT2D eigenvalue weighted by Crippen LogP contribution is 2.28. The fourth-order valence-corrected chi connectivity index (χ4v) is 4.69. The highest BCUT2D eigenvalue weighted by Gasteiger charge is 2.20. The third-order valence-electron chi connectivity index (χ3n) is 4.93. The number of rotatable bonds is 7. The first-order valence-electron chi connectivity index (χ1n) is 10.0. The summed E-state index contributed by atoms with van der Waals surface area (Å²) in [6.45, 7) is 4.22. The third-order valence-corrected chi connectivity index (χ3v) is 6.35. The van der Waals surface area contributed by atoms with E-state index in [4.69, 9.17) is 4.74 Å². The Bertz CT molecular complexity index is 1110. The van der Waals surface area contributed by atoms with Crippen LogP contribution in [0.15, 0.2) is 65.6 Å². The largest absolute Gasteiger partial charge is 0.492 e. The summed E-state index contributed by atoms with van der Waals surface area (Å²) in [5.74, 6) is 1.20. The summed E-state index contributed by atoms with van der Waals surface area (Å²) in [4.78, 5) is 2.32. The van der Waals surface area contributed by atoms with Crippen LogP contribution in [0.2, 0.25) is 0 Å². The molecule has 0 amide bonds. The average Bonchev–Trinajstić information content (AvgIpc) is 3.29. The van der Waals surface area contributed by atoms with Crippen molar-refractivity contribution in [1.82, 2.24) is 10.2 Å². The van der Waals surface area contributed by atoms with Gasteiger partial charge in [-0.25, -0.2) is 8.42 Å². The highest BCUT2D eigenvalue weighted by molar-refractivity contribution is 7.92. The number of hydrogen-bond donors (Lipinski definition) is 1. The van der Waals surface area contributed by atoms with E-state index in [1.54, 1.807) is 36.4 Å². The van der Waals surface area contributed by atoms with Gasteiger partial charge in [-0.2, -0.15) is 0 Å². The smallest absolute Gasteiger partial charge is 0.265 e. The molecule has 1 aliphatic heterocycles. The van der Waals surface area contributed by atoms with Gasteiger partial charge in [0.25, 0.3) is 10.0 Å². The molecule has 4 rings (SSSR count). The molecular formula is C22H24N4O3S. The van der Waals surface area contributed by atoms with Crippen molar-refractivity contribution < 1.29 is 13.2 Å². The Balaban J connectivity index is 1.56. The normalized spacial score (nSPS) is 14.0. The minimum absolute atomic E-state index is 0.104. The second-order valence-corrected chi connectivity index (χ2v) is 8.69. The monoisotopic (exact) mass is 424 g/mol. The number of nitrogens with one attached hydrogen (secondary N) is 1. The number of nitrogens with zero attached hydrogens (tertiary/aromatic N) is 3. The fourth-order valence-electron chi connectivity index (χ4n) is 3.49. The summed E-state index contributed by atoms with van der Waals surface area (Å²) < 4.78 is 33.9. The lowest BCUT2D eigenvalue weighted by molar-refractivity contribution is 0.331. The van der Waals surface area contributed by atoms with Crippen molar-refractivity contribution in [1.29, 1.82) is 0 Å². The van der Waals surface area contributed by atoms with E-state index in [1.807, 2.05) is 25.1 Å². The van der Waals surface area contributed by atoms with Gasteiger partial charge < -0.3 is 9.64 Å². The van der Waals surface area contributed by atoms with E-state index < -0.39 is 10.0 Å². The maximum absolute atomic E-state index is 12.9. The quantitative estimate of drug-likeness (QED) is 0.618. The standard InChI is InChI=1S/C22H24N4O3S/c1-2-29-20-10-3-4-11-21(20)30(27,28)25-18-9-7-8-17(16-18)19-12-13-22(24-23-19)26-14-5-6-15-26/h3-4,7-13,16,25H,2,5-6,14-15H2,1H3. The minimum Gasteiger partial charge on any atom is -0.492 e. The van der Waals surface area contributed by atoms with Crippen molar-refractivity contribution in [3.8, 4) is 17.0 Å². The summed E-state index contributed by atoms with van der Waals surface area (Å²) in [7, 11) is -3.80. The first-order valence-corrected chi connectivity index (χ1v) is 11.5. The summed E-state index contributed by atoms with van der Waals surface area (Å²) >= 11 is 0. The zero-order valence-corrected chi connectivity index (χ0v) is 17.6. The van der Waals surface area contributed by atoms with E-state index in [-0.39, 0.29) is 4.90 Å². The van der Waals surface area contributed by atoms with Gasteiger partial charge in [0.2, 0.25) is 0 Å². The molecule has 1 saturated heterocycles. The van der Waals surface area contributed by atoms with E-state index in [9.17, 15) is 8.42 Å². The van der Waals surface area contributed by atoms with Crippen molar-refractivity contribution in [2.75, 3.05) is 29.3 Å². The molecule has 0 bridgehead atoms. The van der Waals surface area contributed by atoms with Gasteiger partial charge in [0.05, 0.1) is 12.3 Å². The van der Waals surface area contributed by atoms with Crippen LogP contribution in [0.1, 0.15) is 19.8 Å². The summed E-state index contributed by atoms with van der Waals surface area (Å²) in [5.41, 5.74) is 1.92. The van der Waals surface area contributed by atoms with Crippen molar-refractivity contribution in [3.05, 3.63) is 60.7 Å². The zero-order valence-electron chi connectivity index (χ0n) is 16.8. The van der Waals surface area contributed by atoms with Crippen molar-refractivity contribution >= 4 is 21.5 Å². The minimum atomic E-state index is -3.80. The number of aromatic nitrogens is 2. The second-order valence-electron chi connectivity index (χ2n) is 7.04. The molecule has 3 aromatic rings. The predicted octanol–water partition coefficient (Wildman–Crippen LogP) is 3.94. The maximum atomic E-state index is 12.9. The van der Waals surface area contributed by atoms with Crippen LogP contribution in [-0.2, 0) is 10.0 Å². The van der Waals surface area contributed by atoms with Crippen LogP contribution in [-0.4, -0.2) is 38.3 Å². The first-order chi connectivity index (χ1) is 14.6. The van der Waals surface area contributed by atoms with Gasteiger partial charge in [-0.3, -0.25) is 4.72 Å². The van der Waals surface area contributed by atoms with Crippen LogP contribution in [0.3, 0.4) is 0 Å². The molecule has 1 aliphatic rings. The van der Waals surface area contributed by atoms with Gasteiger partial charge in [0.15, 0.2) is 5.82 Å². The lowest BCUT2D eigenvalue weighted by Gasteiger charge is -2.15. The van der Waals surface area contributed by atoms with E-state index in [1.165, 1.54) is 18.9 Å². The molecule has 30 heavy (non-hydrogen) atoms. The first kappa shape index (κ1) is 20.2. The molecule has 0 atom stereocenters. The van der Waals surface area contributed by atoms with Gasteiger partial charge in [-0.1, -0.05) is 24.3 Å². The van der Waals surface area contributed by atoms with Gasteiger partial charge in [-0.15, -0.1) is 10.2 Å². The lowest BCUT2D eigenvalue weighted by Crippen LogP contribution is -2.19. The number of ether oxygens (including phenoxy) is 1. The van der Waals surface area contributed by atoms with Gasteiger partial charge in [0, 0.05) is 24.3 Å². The molecule has 2 heterocycles. The number of sulfonamides is 1. The summed E-state index contributed by atoms with van der Waals surface area (Å²) in [6, 6.07) is 17.6. The number of anilines is 2. The molecule has 0 spiro atoms. The molecule has 2 aromatic carbocycles. The van der Waals surface area contributed by atoms with Crippen molar-refractivity contribution in [2.24, 2.45) is 0 Å². The van der Waals surface area contributed by atoms with Crippen LogP contribution in [0, 0.1) is 0 Å². The Hall–Kier alpha value is -3.13. The Labute approximate surface area is 176 Å². The number of para-hydroxylation sites is 1. The van der Waals surface area contributed by atoms with Crippen molar-refractivity contribution in [3.63, 3.8) is 0 Å². The van der Waals surface area contributed by atoms with E-state index in [0.29, 0.717) is 23.7 Å². The SMILES string of the molecule is CCOc1ccccc1S(=O)(=O)Nc1cccc(-c2ccc(N3CCCC3)nn2)c1. The van der Waals surface area contributed by atoms with Crippen LogP contribution in [0.5, 0.6) is 5.75 Å². The molecule has 0 radical (unpaired) electrons. The summed E-state index contributed by atoms with van der Waals surface area (Å²) in [6.07, 6.45) is 2.36. The van der Waals surface area contributed by atoms with E-state index >= 15 is 0 Å². The van der Waals surface area contributed by atoms with E-state index in [2.05, 4.69) is 19.8 Å². The van der Waals surface area contributed by atoms with Gasteiger partial charge in [-0.05, 0) is 56.2 Å². The van der Waals surface area contributed by atoms with Crippen molar-refractivity contribution in [2.45, 2.75) is 24.7 Å². The van der Waals surface area contributed by atoms with Gasteiger partial charge in [0.1, 0.15) is 10.6 Å². The van der Waals surface area contributed by atoms with Crippen LogP contribution in [0.4, 0.5) is 11.5 Å². The molecule has 156 valence electrons.